The van der Waals surface area contributed by atoms with Gasteiger partial charge in [-0.1, -0.05) is 33.6 Å². The van der Waals surface area contributed by atoms with Crippen molar-refractivity contribution in [2.75, 3.05) is 6.26 Å². The molecule has 6 nitrogen and oxygen atoms in total. The molecule has 4 aliphatic rings. The smallest absolute Gasteiger partial charge is 0.264 e. The Morgan fingerprint density at radius 1 is 1.03 bits per heavy atom. The Morgan fingerprint density at radius 2 is 1.71 bits per heavy atom. The highest BCUT2D eigenvalue weighted by Gasteiger charge is 2.65. The Kier molecular flexibility index (Phi) is 7.56. The highest BCUT2D eigenvalue weighted by Crippen LogP contribution is 2.68. The summed E-state index contributed by atoms with van der Waals surface area (Å²) in [5, 5.41) is 31.9. The quantitative estimate of drug-likeness (QED) is 0.432. The Morgan fingerprint density at radius 3 is 2.34 bits per heavy atom. The fourth-order valence-corrected chi connectivity index (χ4v) is 10.3. The van der Waals surface area contributed by atoms with E-state index in [9.17, 15) is 23.7 Å². The van der Waals surface area contributed by atoms with Gasteiger partial charge in [0.25, 0.3) is 10.1 Å². The maximum absolute atomic E-state index is 12.2. The number of fused-ring (bicyclic) bond motifs is 5. The van der Waals surface area contributed by atoms with Gasteiger partial charge < -0.3 is 15.3 Å². The lowest BCUT2D eigenvalue weighted by Crippen LogP contribution is -2.63. The van der Waals surface area contributed by atoms with Gasteiger partial charge in [-0.3, -0.25) is 4.18 Å². The van der Waals surface area contributed by atoms with Crippen molar-refractivity contribution < 1.29 is 27.9 Å². The molecule has 0 bridgehead atoms. The van der Waals surface area contributed by atoms with Crippen LogP contribution in [0.2, 0.25) is 0 Å². The van der Waals surface area contributed by atoms with Gasteiger partial charge in [0.1, 0.15) is 0 Å². The average Bonchev–Trinajstić information content (AvgIpc) is 3.05. The van der Waals surface area contributed by atoms with E-state index in [4.69, 9.17) is 4.18 Å². The summed E-state index contributed by atoms with van der Waals surface area (Å²) in [6.45, 7) is 10.8. The van der Waals surface area contributed by atoms with Gasteiger partial charge in [-0.25, -0.2) is 0 Å². The second-order valence-corrected chi connectivity index (χ2v) is 15.6. The molecule has 4 aliphatic carbocycles. The minimum absolute atomic E-state index is 0.153. The third-order valence-corrected chi connectivity index (χ3v) is 11.8. The van der Waals surface area contributed by atoms with E-state index in [0.717, 1.165) is 44.8 Å². The van der Waals surface area contributed by atoms with Crippen LogP contribution in [0.5, 0.6) is 0 Å². The van der Waals surface area contributed by atoms with E-state index in [1.54, 1.807) is 0 Å². The van der Waals surface area contributed by atoms with E-state index in [1.807, 2.05) is 13.8 Å². The fourth-order valence-electron chi connectivity index (χ4n) is 9.66. The normalized spacial score (nSPS) is 47.0. The molecule has 3 N–H and O–H groups in total. The molecule has 4 rings (SSSR count). The Balaban J connectivity index is 1.58. The number of rotatable bonds is 7. The topological polar surface area (TPSA) is 104 Å². The monoisotopic (exact) mass is 514 g/mol. The molecular formula is C28H50O6S. The molecule has 4 fully saturated rings. The van der Waals surface area contributed by atoms with E-state index < -0.39 is 39.4 Å². The van der Waals surface area contributed by atoms with Crippen molar-refractivity contribution in [3.05, 3.63) is 0 Å². The van der Waals surface area contributed by atoms with Gasteiger partial charge in [0.15, 0.2) is 0 Å². The van der Waals surface area contributed by atoms with Crippen LogP contribution in [0.3, 0.4) is 0 Å². The average molecular weight is 515 g/mol. The zero-order valence-corrected chi connectivity index (χ0v) is 23.6. The van der Waals surface area contributed by atoms with E-state index in [-0.39, 0.29) is 11.3 Å². The molecule has 0 saturated heterocycles. The van der Waals surface area contributed by atoms with Crippen LogP contribution in [0.4, 0.5) is 0 Å². The summed E-state index contributed by atoms with van der Waals surface area (Å²) < 4.78 is 30.2. The molecule has 0 aromatic heterocycles. The van der Waals surface area contributed by atoms with Crippen molar-refractivity contribution >= 4 is 10.1 Å². The first-order valence-electron chi connectivity index (χ1n) is 14.0. The minimum atomic E-state index is -3.64. The molecule has 0 amide bonds. The molecule has 4 unspecified atom stereocenters. The van der Waals surface area contributed by atoms with Crippen molar-refractivity contribution in [1.29, 1.82) is 0 Å². The summed E-state index contributed by atoms with van der Waals surface area (Å²) in [5.41, 5.74) is -0.834. The minimum Gasteiger partial charge on any atom is -0.393 e. The standard InChI is InChI=1S/C28H50O6S/c1-17(8-7-12-26(2,3)31)20-9-10-21-19-16-24(34-35(6,32)33)23-14-18(29)15-25(30)28(23,5)22(19)11-13-27(20,21)4/h17-25,29-31H,7-16H2,1-6H3/t17-,18?,19+,20-,21+,22+,23?,24?,25?,27-,28-/m1/s1. The Labute approximate surface area is 213 Å². The van der Waals surface area contributed by atoms with Gasteiger partial charge >= 0.3 is 0 Å². The first kappa shape index (κ1) is 27.8. The van der Waals surface area contributed by atoms with E-state index in [0.29, 0.717) is 48.9 Å². The molecule has 0 radical (unpaired) electrons. The summed E-state index contributed by atoms with van der Waals surface area (Å²) in [6.07, 6.45) is 8.50. The molecule has 0 aromatic rings. The van der Waals surface area contributed by atoms with Gasteiger partial charge in [-0.2, -0.15) is 8.42 Å². The molecule has 204 valence electrons. The lowest BCUT2D eigenvalue weighted by molar-refractivity contribution is -0.209. The van der Waals surface area contributed by atoms with Crippen molar-refractivity contribution in [3.8, 4) is 0 Å². The molecule has 4 saturated carbocycles. The second kappa shape index (κ2) is 9.52. The molecule has 11 atom stereocenters. The first-order chi connectivity index (χ1) is 16.1. The molecule has 0 aliphatic heterocycles. The predicted octanol–water partition coefficient (Wildman–Crippen LogP) is 4.51. The van der Waals surface area contributed by atoms with Crippen molar-refractivity contribution in [3.63, 3.8) is 0 Å². The number of hydrogen-bond donors (Lipinski definition) is 3. The van der Waals surface area contributed by atoms with Gasteiger partial charge in [-0.05, 0) is 106 Å². The van der Waals surface area contributed by atoms with Crippen LogP contribution >= 0.6 is 0 Å². The highest BCUT2D eigenvalue weighted by atomic mass is 32.2. The summed E-state index contributed by atoms with van der Waals surface area (Å²) >= 11 is 0. The maximum atomic E-state index is 12.2. The molecule has 35 heavy (non-hydrogen) atoms. The second-order valence-electron chi connectivity index (χ2n) is 14.0. The maximum Gasteiger partial charge on any atom is 0.264 e. The van der Waals surface area contributed by atoms with Crippen molar-refractivity contribution in [2.24, 2.45) is 46.3 Å². The fraction of sp³-hybridized carbons (Fsp3) is 1.00. The third kappa shape index (κ3) is 5.23. The van der Waals surface area contributed by atoms with Crippen LogP contribution in [0.25, 0.3) is 0 Å². The summed E-state index contributed by atoms with van der Waals surface area (Å²) in [6, 6.07) is 0. The van der Waals surface area contributed by atoms with Crippen molar-refractivity contribution in [2.45, 2.75) is 123 Å². The third-order valence-electron chi connectivity index (χ3n) is 11.2. The number of aliphatic hydroxyl groups excluding tert-OH is 2. The largest absolute Gasteiger partial charge is 0.393 e. The number of aliphatic hydroxyl groups is 3. The summed E-state index contributed by atoms with van der Waals surface area (Å²) in [5.74, 6) is 2.24. The van der Waals surface area contributed by atoms with E-state index in [2.05, 4.69) is 20.8 Å². The van der Waals surface area contributed by atoms with Gasteiger partial charge in [0, 0.05) is 5.41 Å². The molecule has 0 heterocycles. The lowest BCUT2D eigenvalue weighted by atomic mass is 9.43. The van der Waals surface area contributed by atoms with Gasteiger partial charge in [0.05, 0.1) is 30.2 Å². The van der Waals surface area contributed by atoms with Crippen LogP contribution in [0, 0.1) is 46.3 Å². The zero-order chi connectivity index (χ0) is 26.0. The number of hydrogen-bond acceptors (Lipinski definition) is 6. The van der Waals surface area contributed by atoms with Crippen LogP contribution < -0.4 is 0 Å². The van der Waals surface area contributed by atoms with Crippen molar-refractivity contribution in [1.82, 2.24) is 0 Å². The van der Waals surface area contributed by atoms with Crippen LogP contribution in [0.1, 0.15) is 98.8 Å². The highest BCUT2D eigenvalue weighted by molar-refractivity contribution is 7.86. The van der Waals surface area contributed by atoms with E-state index >= 15 is 0 Å². The Bertz CT molecular complexity index is 867. The molecule has 0 aromatic carbocycles. The summed E-state index contributed by atoms with van der Waals surface area (Å²) in [7, 11) is -3.64. The zero-order valence-electron chi connectivity index (χ0n) is 22.7. The first-order valence-corrected chi connectivity index (χ1v) is 15.8. The predicted molar refractivity (Wildman–Crippen MR) is 137 cm³/mol. The lowest BCUT2D eigenvalue weighted by Gasteiger charge is -2.63. The van der Waals surface area contributed by atoms with Gasteiger partial charge in [-0.15, -0.1) is 0 Å². The SMILES string of the molecule is C[C@H](CCCC(C)(C)O)[C@H]1CC[C@H]2[C@@H]3CC(OS(C)(=O)=O)C4CC(O)CC(O)[C@]4(C)[C@H]3CC[C@]12C. The Hall–Kier alpha value is -0.210. The molecule has 0 spiro atoms. The summed E-state index contributed by atoms with van der Waals surface area (Å²) in [4.78, 5) is 0. The van der Waals surface area contributed by atoms with E-state index in [1.165, 1.54) is 6.42 Å². The van der Waals surface area contributed by atoms with Crippen LogP contribution in [-0.2, 0) is 14.3 Å². The molecule has 7 heteroatoms. The van der Waals surface area contributed by atoms with Crippen LogP contribution in [-0.4, -0.2) is 53.9 Å². The molecular weight excluding hydrogens is 464 g/mol. The van der Waals surface area contributed by atoms with Gasteiger partial charge in [0.2, 0.25) is 0 Å². The van der Waals surface area contributed by atoms with Crippen LogP contribution in [0.15, 0.2) is 0 Å².